The summed E-state index contributed by atoms with van der Waals surface area (Å²) in [6, 6.07) is 5.58. The molecule has 0 atom stereocenters. The van der Waals surface area contributed by atoms with Gasteiger partial charge in [0.25, 0.3) is 0 Å². The second-order valence-corrected chi connectivity index (χ2v) is 6.93. The average Bonchev–Trinajstić information content (AvgIpc) is 2.46. The first kappa shape index (κ1) is 19.5. The lowest BCUT2D eigenvalue weighted by molar-refractivity contribution is -0.137. The van der Waals surface area contributed by atoms with Crippen LogP contribution in [0.25, 0.3) is 0 Å². The summed E-state index contributed by atoms with van der Waals surface area (Å²) in [5.41, 5.74) is 1.84. The van der Waals surface area contributed by atoms with Gasteiger partial charge >= 0.3 is 5.97 Å². The summed E-state index contributed by atoms with van der Waals surface area (Å²) >= 11 is 0. The molecular weight excluding hydrogens is 290 g/mol. The van der Waals surface area contributed by atoms with Crippen LogP contribution in [0.5, 0.6) is 5.75 Å². The molecule has 23 heavy (non-hydrogen) atoms. The van der Waals surface area contributed by atoms with E-state index in [1.807, 2.05) is 12.1 Å². The monoisotopic (exact) mass is 322 g/mol. The predicted molar refractivity (Wildman–Crippen MR) is 95.9 cm³/mol. The zero-order valence-electron chi connectivity index (χ0n) is 14.8. The fraction of sp³-hybridized carbons (Fsp3) is 0.632. The van der Waals surface area contributed by atoms with Crippen molar-refractivity contribution in [2.45, 2.75) is 58.3 Å². The van der Waals surface area contributed by atoms with Crippen LogP contribution in [0.1, 0.15) is 57.4 Å². The van der Waals surface area contributed by atoms with Crippen LogP contribution in [0.4, 0.5) is 5.69 Å². The molecule has 0 unspecified atom stereocenters. The van der Waals surface area contributed by atoms with Crippen LogP contribution in [0.15, 0.2) is 18.2 Å². The van der Waals surface area contributed by atoms with Crippen LogP contribution >= 0.6 is 0 Å². The SMILES string of the molecule is CCCCCCCCCc1ccc(O)c([N+](C)(C)CC(=O)O)c1. The molecule has 1 aromatic carbocycles. The molecule has 0 fully saturated rings. The lowest BCUT2D eigenvalue weighted by atomic mass is 10.0. The normalized spacial score (nSPS) is 11.6. The summed E-state index contributed by atoms with van der Waals surface area (Å²) in [5, 5.41) is 19.1. The van der Waals surface area contributed by atoms with Gasteiger partial charge in [-0.05, 0) is 24.5 Å². The molecule has 2 N–H and O–H groups in total. The molecular formula is C19H32NO3+. The number of phenols is 1. The van der Waals surface area contributed by atoms with E-state index in [1.165, 1.54) is 44.1 Å². The second-order valence-electron chi connectivity index (χ2n) is 6.93. The maximum absolute atomic E-state index is 11.0. The number of carboxylic acid groups (broad SMARTS) is 1. The van der Waals surface area contributed by atoms with Gasteiger partial charge in [0.15, 0.2) is 18.0 Å². The number of aromatic hydroxyl groups is 1. The largest absolute Gasteiger partial charge is 0.503 e. The molecule has 0 saturated carbocycles. The van der Waals surface area contributed by atoms with E-state index in [2.05, 4.69) is 6.92 Å². The first-order valence-corrected chi connectivity index (χ1v) is 8.74. The number of aliphatic carboxylic acids is 1. The van der Waals surface area contributed by atoms with Crippen molar-refractivity contribution in [3.05, 3.63) is 23.8 Å². The highest BCUT2D eigenvalue weighted by Crippen LogP contribution is 2.31. The van der Waals surface area contributed by atoms with Gasteiger partial charge in [0.05, 0.1) is 14.1 Å². The van der Waals surface area contributed by atoms with Gasteiger partial charge in [-0.15, -0.1) is 0 Å². The molecule has 1 aromatic rings. The molecule has 0 saturated heterocycles. The van der Waals surface area contributed by atoms with E-state index >= 15 is 0 Å². The zero-order valence-corrected chi connectivity index (χ0v) is 14.8. The van der Waals surface area contributed by atoms with Crippen LogP contribution < -0.4 is 4.48 Å². The van der Waals surface area contributed by atoms with Gasteiger partial charge in [-0.3, -0.25) is 4.48 Å². The third-order valence-corrected chi connectivity index (χ3v) is 4.29. The van der Waals surface area contributed by atoms with Crippen molar-refractivity contribution in [1.82, 2.24) is 4.48 Å². The molecule has 0 aliphatic rings. The van der Waals surface area contributed by atoms with E-state index in [4.69, 9.17) is 5.11 Å². The highest BCUT2D eigenvalue weighted by molar-refractivity contribution is 5.73. The minimum Gasteiger partial charge on any atom is -0.503 e. The van der Waals surface area contributed by atoms with Gasteiger partial charge < -0.3 is 10.2 Å². The molecule has 4 heteroatoms. The molecule has 0 amide bonds. The molecule has 0 aliphatic heterocycles. The van der Waals surface area contributed by atoms with E-state index < -0.39 is 5.97 Å². The first-order valence-electron chi connectivity index (χ1n) is 8.74. The van der Waals surface area contributed by atoms with Crippen molar-refractivity contribution >= 4 is 11.7 Å². The van der Waals surface area contributed by atoms with Gasteiger partial charge in [-0.2, -0.15) is 0 Å². The molecule has 4 nitrogen and oxygen atoms in total. The minimum atomic E-state index is -0.869. The van der Waals surface area contributed by atoms with Crippen molar-refractivity contribution in [3.63, 3.8) is 0 Å². The molecule has 130 valence electrons. The predicted octanol–water partition coefficient (Wildman–Crippen LogP) is 4.34. The molecule has 0 bridgehead atoms. The van der Waals surface area contributed by atoms with Crippen molar-refractivity contribution in [2.24, 2.45) is 0 Å². The number of likely N-dealkylation sites (N-methyl/N-ethyl adjacent to an activating group) is 1. The van der Waals surface area contributed by atoms with E-state index in [0.29, 0.717) is 5.69 Å². The van der Waals surface area contributed by atoms with Gasteiger partial charge in [0.1, 0.15) is 0 Å². The van der Waals surface area contributed by atoms with Crippen LogP contribution in [-0.2, 0) is 11.2 Å². The number of aryl methyl sites for hydroxylation is 1. The van der Waals surface area contributed by atoms with Crippen LogP contribution in [0.3, 0.4) is 0 Å². The third kappa shape index (κ3) is 7.04. The zero-order chi connectivity index (χ0) is 17.3. The lowest BCUT2D eigenvalue weighted by Gasteiger charge is -2.28. The van der Waals surface area contributed by atoms with Crippen LogP contribution in [-0.4, -0.2) is 36.8 Å². The Balaban J connectivity index is 2.55. The summed E-state index contributed by atoms with van der Waals surface area (Å²) in [6.45, 7) is 2.18. The van der Waals surface area contributed by atoms with Gasteiger partial charge in [0.2, 0.25) is 0 Å². The Bertz CT molecular complexity index is 497. The molecule has 0 aliphatic carbocycles. The molecule has 0 spiro atoms. The molecule has 0 radical (unpaired) electrons. The summed E-state index contributed by atoms with van der Waals surface area (Å²) in [7, 11) is 3.61. The highest BCUT2D eigenvalue weighted by atomic mass is 16.4. The number of benzene rings is 1. The Hall–Kier alpha value is -1.55. The molecule has 0 heterocycles. The number of unbranched alkanes of at least 4 members (excludes halogenated alkanes) is 6. The number of phenolic OH excluding ortho intramolecular Hbond substituents is 1. The maximum atomic E-state index is 11.0. The third-order valence-electron chi connectivity index (χ3n) is 4.29. The minimum absolute atomic E-state index is 0.0472. The van der Waals surface area contributed by atoms with E-state index in [-0.39, 0.29) is 16.8 Å². The highest BCUT2D eigenvalue weighted by Gasteiger charge is 2.26. The Labute approximate surface area is 140 Å². The summed E-state index contributed by atoms with van der Waals surface area (Å²) in [4.78, 5) is 11.0. The number of hydrogen-bond donors (Lipinski definition) is 2. The van der Waals surface area contributed by atoms with E-state index in [9.17, 15) is 9.90 Å². The number of quaternary nitrogens is 1. The number of nitrogens with zero attached hydrogens (tertiary/aromatic N) is 1. The Morgan fingerprint density at radius 2 is 1.65 bits per heavy atom. The van der Waals surface area contributed by atoms with Crippen molar-refractivity contribution in [2.75, 3.05) is 20.6 Å². The van der Waals surface area contributed by atoms with E-state index in [1.54, 1.807) is 20.2 Å². The van der Waals surface area contributed by atoms with Gasteiger partial charge in [-0.25, -0.2) is 4.79 Å². The Morgan fingerprint density at radius 1 is 1.04 bits per heavy atom. The topological polar surface area (TPSA) is 57.5 Å². The number of carbonyl (C=O) groups is 1. The number of carboxylic acids is 1. The molecule has 1 rings (SSSR count). The Morgan fingerprint density at radius 3 is 2.26 bits per heavy atom. The van der Waals surface area contributed by atoms with E-state index in [0.717, 1.165) is 12.8 Å². The molecule has 0 aromatic heterocycles. The number of hydrogen-bond acceptors (Lipinski definition) is 2. The summed E-state index contributed by atoms with van der Waals surface area (Å²) in [5.74, 6) is -0.702. The summed E-state index contributed by atoms with van der Waals surface area (Å²) in [6.07, 6.45) is 9.89. The average molecular weight is 322 g/mol. The first-order chi connectivity index (χ1) is 10.9. The van der Waals surface area contributed by atoms with Crippen molar-refractivity contribution in [3.8, 4) is 5.75 Å². The fourth-order valence-electron chi connectivity index (χ4n) is 2.92. The van der Waals surface area contributed by atoms with Crippen LogP contribution in [0, 0.1) is 0 Å². The summed E-state index contributed by atoms with van der Waals surface area (Å²) < 4.78 is 0.145. The van der Waals surface area contributed by atoms with Gasteiger partial charge in [0, 0.05) is 6.07 Å². The Kier molecular flexibility index (Phi) is 8.10. The standard InChI is InChI=1S/C19H31NO3/c1-4-5-6-7-8-9-10-11-16-12-13-18(21)17(14-16)20(2,3)15-19(22)23/h12-14H,4-11,15H2,1-3H3,(H-,21,22,23)/p+1. The van der Waals surface area contributed by atoms with Gasteiger partial charge in [-0.1, -0.05) is 51.5 Å². The quantitative estimate of drug-likeness (QED) is 0.471. The van der Waals surface area contributed by atoms with Crippen molar-refractivity contribution in [1.29, 1.82) is 0 Å². The second kappa shape index (κ2) is 9.56. The number of rotatable bonds is 11. The van der Waals surface area contributed by atoms with Crippen molar-refractivity contribution < 1.29 is 15.0 Å². The lowest BCUT2D eigenvalue weighted by Crippen LogP contribution is -2.44. The maximum Gasteiger partial charge on any atom is 0.359 e. The van der Waals surface area contributed by atoms with Crippen LogP contribution in [0.2, 0.25) is 0 Å². The fourth-order valence-corrected chi connectivity index (χ4v) is 2.92. The smallest absolute Gasteiger partial charge is 0.359 e.